The zero-order valence-electron chi connectivity index (χ0n) is 11.1. The molecule has 0 atom stereocenters. The quantitative estimate of drug-likeness (QED) is 0.784. The Morgan fingerprint density at radius 2 is 2.00 bits per heavy atom. The Kier molecular flexibility index (Phi) is 4.93. The second kappa shape index (κ2) is 6.46. The summed E-state index contributed by atoms with van der Waals surface area (Å²) >= 11 is 3.44. The summed E-state index contributed by atoms with van der Waals surface area (Å²) in [5, 5.41) is 3.59. The van der Waals surface area contributed by atoms with Gasteiger partial charge in [-0.15, -0.1) is 0 Å². The summed E-state index contributed by atoms with van der Waals surface area (Å²) in [4.78, 5) is 0. The van der Waals surface area contributed by atoms with Gasteiger partial charge in [-0.2, -0.15) is 0 Å². The molecule has 1 aliphatic rings. The van der Waals surface area contributed by atoms with Crippen LogP contribution < -0.4 is 11.1 Å². The van der Waals surface area contributed by atoms with Crippen molar-refractivity contribution in [2.75, 3.05) is 11.1 Å². The largest absolute Gasteiger partial charge is 0.397 e. The fourth-order valence-electron chi connectivity index (χ4n) is 2.89. The van der Waals surface area contributed by atoms with Crippen molar-refractivity contribution in [3.05, 3.63) is 22.7 Å². The number of halogens is 1. The van der Waals surface area contributed by atoms with E-state index in [1.807, 2.05) is 12.1 Å². The molecule has 1 aromatic carbocycles. The van der Waals surface area contributed by atoms with Gasteiger partial charge in [0.2, 0.25) is 0 Å². The monoisotopic (exact) mass is 310 g/mol. The Morgan fingerprint density at radius 3 is 2.61 bits per heavy atom. The minimum atomic E-state index is 0.599. The van der Waals surface area contributed by atoms with Crippen molar-refractivity contribution in [1.82, 2.24) is 0 Å². The van der Waals surface area contributed by atoms with E-state index in [4.69, 9.17) is 5.73 Å². The molecular formula is C15H23BrN2. The van der Waals surface area contributed by atoms with Crippen molar-refractivity contribution in [3.63, 3.8) is 0 Å². The predicted molar refractivity (Wildman–Crippen MR) is 82.8 cm³/mol. The van der Waals surface area contributed by atoms with Crippen LogP contribution in [-0.2, 0) is 0 Å². The second-order valence-electron chi connectivity index (χ2n) is 5.38. The molecule has 1 aliphatic carbocycles. The van der Waals surface area contributed by atoms with Crippen LogP contribution >= 0.6 is 15.9 Å². The minimum Gasteiger partial charge on any atom is -0.397 e. The maximum atomic E-state index is 6.02. The molecule has 1 fully saturated rings. The third-order valence-corrected chi connectivity index (χ3v) is 4.41. The fraction of sp³-hybridized carbons (Fsp3) is 0.600. The van der Waals surface area contributed by atoms with E-state index in [2.05, 4.69) is 34.2 Å². The van der Waals surface area contributed by atoms with E-state index in [1.165, 1.54) is 38.5 Å². The number of rotatable bonds is 4. The maximum absolute atomic E-state index is 6.02. The number of hydrogen-bond donors (Lipinski definition) is 2. The highest BCUT2D eigenvalue weighted by atomic mass is 79.9. The van der Waals surface area contributed by atoms with Crippen LogP contribution in [0.5, 0.6) is 0 Å². The Morgan fingerprint density at radius 1 is 1.28 bits per heavy atom. The van der Waals surface area contributed by atoms with Crippen molar-refractivity contribution in [3.8, 4) is 0 Å². The zero-order chi connectivity index (χ0) is 13.0. The summed E-state index contributed by atoms with van der Waals surface area (Å²) in [6, 6.07) is 6.67. The van der Waals surface area contributed by atoms with Crippen LogP contribution in [0.3, 0.4) is 0 Å². The first kappa shape index (κ1) is 13.7. The molecule has 2 nitrogen and oxygen atoms in total. The molecular weight excluding hydrogens is 288 g/mol. The molecule has 2 rings (SSSR count). The van der Waals surface area contributed by atoms with Crippen molar-refractivity contribution >= 4 is 27.3 Å². The van der Waals surface area contributed by atoms with Crippen LogP contribution in [0.1, 0.15) is 45.4 Å². The number of hydrogen-bond acceptors (Lipinski definition) is 2. The van der Waals surface area contributed by atoms with Gasteiger partial charge in [0.05, 0.1) is 11.4 Å². The Bertz CT molecular complexity index is 384. The lowest BCUT2D eigenvalue weighted by Crippen LogP contribution is -2.26. The SMILES string of the molecule is CCCC1CCC(Nc2ccc(Br)cc2N)CC1. The van der Waals surface area contributed by atoms with Crippen LogP contribution in [0.15, 0.2) is 22.7 Å². The lowest BCUT2D eigenvalue weighted by atomic mass is 9.83. The molecule has 0 amide bonds. The van der Waals surface area contributed by atoms with E-state index in [9.17, 15) is 0 Å². The molecule has 0 heterocycles. The normalized spacial score (nSPS) is 23.9. The maximum Gasteiger partial charge on any atom is 0.0576 e. The topological polar surface area (TPSA) is 38.0 Å². The fourth-order valence-corrected chi connectivity index (χ4v) is 3.27. The van der Waals surface area contributed by atoms with Crippen molar-refractivity contribution in [1.29, 1.82) is 0 Å². The van der Waals surface area contributed by atoms with E-state index in [1.54, 1.807) is 0 Å². The smallest absolute Gasteiger partial charge is 0.0576 e. The summed E-state index contributed by atoms with van der Waals surface area (Å²) in [7, 11) is 0. The second-order valence-corrected chi connectivity index (χ2v) is 6.30. The van der Waals surface area contributed by atoms with Gasteiger partial charge in [-0.25, -0.2) is 0 Å². The first-order valence-electron chi connectivity index (χ1n) is 7.00. The average molecular weight is 311 g/mol. The van der Waals surface area contributed by atoms with Crippen molar-refractivity contribution in [2.45, 2.75) is 51.5 Å². The standard InChI is InChI=1S/C15H23BrN2/c1-2-3-11-4-7-13(8-5-11)18-15-9-6-12(16)10-14(15)17/h6,9-11,13,18H,2-5,7-8,17H2,1H3. The summed E-state index contributed by atoms with van der Waals surface area (Å²) in [5.74, 6) is 0.954. The molecule has 18 heavy (non-hydrogen) atoms. The van der Waals surface area contributed by atoms with Crippen LogP contribution in [0.4, 0.5) is 11.4 Å². The molecule has 0 bridgehead atoms. The number of nitrogen functional groups attached to an aromatic ring is 1. The Balaban J connectivity index is 1.87. The van der Waals surface area contributed by atoms with Crippen molar-refractivity contribution < 1.29 is 0 Å². The molecule has 0 aliphatic heterocycles. The van der Waals surface area contributed by atoms with Gasteiger partial charge in [0.25, 0.3) is 0 Å². The third-order valence-electron chi connectivity index (χ3n) is 3.92. The lowest BCUT2D eigenvalue weighted by molar-refractivity contribution is 0.319. The molecule has 3 N–H and O–H groups in total. The first-order chi connectivity index (χ1) is 8.69. The van der Waals surface area contributed by atoms with Crippen LogP contribution in [0, 0.1) is 5.92 Å². The summed E-state index contributed by atoms with van der Waals surface area (Å²) in [6.07, 6.45) is 8.00. The van der Waals surface area contributed by atoms with Gasteiger partial charge in [-0.3, -0.25) is 0 Å². The van der Waals surface area contributed by atoms with Gasteiger partial charge < -0.3 is 11.1 Å². The zero-order valence-corrected chi connectivity index (χ0v) is 12.7. The first-order valence-corrected chi connectivity index (χ1v) is 7.80. The van der Waals surface area contributed by atoms with Crippen LogP contribution in [0.25, 0.3) is 0 Å². The van der Waals surface area contributed by atoms with Gasteiger partial charge in [0, 0.05) is 10.5 Å². The number of nitrogens with two attached hydrogens (primary N) is 1. The molecule has 0 radical (unpaired) electrons. The highest BCUT2D eigenvalue weighted by molar-refractivity contribution is 9.10. The van der Waals surface area contributed by atoms with Crippen LogP contribution in [-0.4, -0.2) is 6.04 Å². The van der Waals surface area contributed by atoms with Crippen molar-refractivity contribution in [2.24, 2.45) is 5.92 Å². The number of anilines is 2. The highest BCUT2D eigenvalue weighted by Crippen LogP contribution is 2.31. The van der Waals surface area contributed by atoms with Gasteiger partial charge in [0.1, 0.15) is 0 Å². The number of nitrogens with one attached hydrogen (secondary N) is 1. The van der Waals surface area contributed by atoms with Gasteiger partial charge in [-0.05, 0) is 49.8 Å². The molecule has 0 spiro atoms. The highest BCUT2D eigenvalue weighted by Gasteiger charge is 2.20. The summed E-state index contributed by atoms with van der Waals surface area (Å²) < 4.78 is 1.04. The summed E-state index contributed by atoms with van der Waals surface area (Å²) in [6.45, 7) is 2.28. The van der Waals surface area contributed by atoms with Crippen LogP contribution in [0.2, 0.25) is 0 Å². The predicted octanol–water partition coefficient (Wildman–Crippen LogP) is 4.80. The number of benzene rings is 1. The molecule has 0 unspecified atom stereocenters. The van der Waals surface area contributed by atoms with Gasteiger partial charge in [-0.1, -0.05) is 35.7 Å². The Hall–Kier alpha value is -0.700. The summed E-state index contributed by atoms with van der Waals surface area (Å²) in [5.41, 5.74) is 7.94. The third kappa shape index (κ3) is 3.64. The Labute approximate surface area is 118 Å². The van der Waals surface area contributed by atoms with E-state index < -0.39 is 0 Å². The average Bonchev–Trinajstić information content (AvgIpc) is 2.35. The van der Waals surface area contributed by atoms with E-state index in [0.29, 0.717) is 6.04 Å². The molecule has 1 aromatic rings. The van der Waals surface area contributed by atoms with E-state index in [0.717, 1.165) is 21.8 Å². The molecule has 1 saturated carbocycles. The molecule has 100 valence electrons. The van der Waals surface area contributed by atoms with E-state index >= 15 is 0 Å². The minimum absolute atomic E-state index is 0.599. The lowest BCUT2D eigenvalue weighted by Gasteiger charge is -2.30. The van der Waals surface area contributed by atoms with Gasteiger partial charge >= 0.3 is 0 Å². The molecule has 3 heteroatoms. The van der Waals surface area contributed by atoms with Gasteiger partial charge in [0.15, 0.2) is 0 Å². The van der Waals surface area contributed by atoms with E-state index in [-0.39, 0.29) is 0 Å². The molecule has 0 saturated heterocycles. The molecule has 0 aromatic heterocycles.